The van der Waals surface area contributed by atoms with Crippen molar-refractivity contribution in [1.82, 2.24) is 20.3 Å². The van der Waals surface area contributed by atoms with E-state index in [1.807, 2.05) is 17.7 Å². The van der Waals surface area contributed by atoms with E-state index in [9.17, 15) is 9.59 Å². The largest absolute Gasteiger partial charge is 0.384 e. The first-order valence-electron chi connectivity index (χ1n) is 7.51. The van der Waals surface area contributed by atoms with Crippen molar-refractivity contribution in [1.29, 1.82) is 0 Å². The van der Waals surface area contributed by atoms with Crippen LogP contribution in [0.15, 0.2) is 17.5 Å². The lowest BCUT2D eigenvalue weighted by molar-refractivity contribution is 0.0735. The first-order chi connectivity index (χ1) is 11.5. The molecule has 3 heterocycles. The molecule has 0 radical (unpaired) electrons. The third kappa shape index (κ3) is 3.08. The lowest BCUT2D eigenvalue weighted by Crippen LogP contribution is -2.33. The summed E-state index contributed by atoms with van der Waals surface area (Å²) in [6.07, 6.45) is 1.78. The first-order valence-corrected chi connectivity index (χ1v) is 8.39. The highest BCUT2D eigenvalue weighted by Crippen LogP contribution is 2.34. The summed E-state index contributed by atoms with van der Waals surface area (Å²) in [6.45, 7) is 2.57. The standard InChI is InChI=1S/C15H18N6O2S/c1-8-7-24-14(18-8)11-3-2-4-21(11)15(23)9-5-10(13(22)20-17)19-12(16)6-9/h5-7,11H,2-4,17H2,1H3,(H2,16,19)(H,20,22)/t11-/m1/s1. The minimum absolute atomic E-state index is 0.0155. The van der Waals surface area contributed by atoms with Crippen LogP contribution in [-0.2, 0) is 0 Å². The second-order valence-corrected chi connectivity index (χ2v) is 6.51. The van der Waals surface area contributed by atoms with E-state index in [1.54, 1.807) is 16.2 Å². The molecule has 1 aliphatic rings. The van der Waals surface area contributed by atoms with E-state index in [-0.39, 0.29) is 23.5 Å². The molecule has 0 saturated carbocycles. The molecule has 24 heavy (non-hydrogen) atoms. The Morgan fingerprint density at radius 2 is 2.17 bits per heavy atom. The van der Waals surface area contributed by atoms with Gasteiger partial charge in [-0.1, -0.05) is 0 Å². The number of rotatable bonds is 3. The van der Waals surface area contributed by atoms with Gasteiger partial charge in [0.1, 0.15) is 16.5 Å². The number of aromatic nitrogens is 2. The number of anilines is 1. The Bertz CT molecular complexity index is 790. The number of aryl methyl sites for hydroxylation is 1. The van der Waals surface area contributed by atoms with Gasteiger partial charge < -0.3 is 10.6 Å². The quantitative estimate of drug-likeness (QED) is 0.432. The van der Waals surface area contributed by atoms with Crippen molar-refractivity contribution in [2.24, 2.45) is 5.84 Å². The zero-order chi connectivity index (χ0) is 17.3. The number of pyridine rings is 1. The Morgan fingerprint density at radius 3 is 2.83 bits per heavy atom. The fraction of sp³-hybridized carbons (Fsp3) is 0.333. The Hall–Kier alpha value is -2.52. The molecule has 5 N–H and O–H groups in total. The highest BCUT2D eigenvalue weighted by atomic mass is 32.1. The Balaban J connectivity index is 1.90. The van der Waals surface area contributed by atoms with Crippen molar-refractivity contribution in [3.63, 3.8) is 0 Å². The van der Waals surface area contributed by atoms with Crippen molar-refractivity contribution in [2.45, 2.75) is 25.8 Å². The summed E-state index contributed by atoms with van der Waals surface area (Å²) >= 11 is 1.56. The number of nitrogens with two attached hydrogens (primary N) is 2. The fourth-order valence-corrected chi connectivity index (χ4v) is 3.77. The Labute approximate surface area is 142 Å². The summed E-state index contributed by atoms with van der Waals surface area (Å²) in [7, 11) is 0. The molecule has 1 saturated heterocycles. The van der Waals surface area contributed by atoms with Gasteiger partial charge in [0, 0.05) is 23.2 Å². The van der Waals surface area contributed by atoms with Crippen LogP contribution in [-0.4, -0.2) is 33.2 Å². The van der Waals surface area contributed by atoms with E-state index in [1.165, 1.54) is 12.1 Å². The van der Waals surface area contributed by atoms with Crippen molar-refractivity contribution in [2.75, 3.05) is 12.3 Å². The summed E-state index contributed by atoms with van der Waals surface area (Å²) in [4.78, 5) is 34.7. The normalized spacial score (nSPS) is 17.1. The van der Waals surface area contributed by atoms with Gasteiger partial charge in [-0.25, -0.2) is 15.8 Å². The lowest BCUT2D eigenvalue weighted by atomic mass is 10.1. The highest BCUT2D eigenvalue weighted by Gasteiger charge is 2.33. The monoisotopic (exact) mass is 346 g/mol. The Morgan fingerprint density at radius 1 is 1.38 bits per heavy atom. The van der Waals surface area contributed by atoms with Gasteiger partial charge >= 0.3 is 0 Å². The zero-order valence-corrected chi connectivity index (χ0v) is 14.0. The predicted octanol–water partition coefficient (Wildman–Crippen LogP) is 1.01. The number of nitrogens with one attached hydrogen (secondary N) is 1. The van der Waals surface area contributed by atoms with Crippen LogP contribution in [0.3, 0.4) is 0 Å². The van der Waals surface area contributed by atoms with Gasteiger partial charge in [0.05, 0.1) is 6.04 Å². The van der Waals surface area contributed by atoms with Crippen LogP contribution in [0, 0.1) is 6.92 Å². The number of nitrogen functional groups attached to an aromatic ring is 2. The minimum atomic E-state index is -0.593. The van der Waals surface area contributed by atoms with E-state index >= 15 is 0 Å². The van der Waals surface area contributed by atoms with Gasteiger partial charge in [-0.2, -0.15) is 0 Å². The molecule has 8 nitrogen and oxygen atoms in total. The molecule has 0 spiro atoms. The number of carbonyl (C=O) groups excluding carboxylic acids is 2. The van der Waals surface area contributed by atoms with E-state index in [2.05, 4.69) is 9.97 Å². The predicted molar refractivity (Wildman–Crippen MR) is 90.2 cm³/mol. The number of likely N-dealkylation sites (tertiary alicyclic amines) is 1. The van der Waals surface area contributed by atoms with Crippen molar-refractivity contribution in [3.8, 4) is 0 Å². The maximum Gasteiger partial charge on any atom is 0.283 e. The third-order valence-electron chi connectivity index (χ3n) is 3.89. The average Bonchev–Trinajstić information content (AvgIpc) is 3.21. The van der Waals surface area contributed by atoms with Gasteiger partial charge in [-0.15, -0.1) is 11.3 Å². The van der Waals surface area contributed by atoms with Gasteiger partial charge in [0.15, 0.2) is 0 Å². The fourth-order valence-electron chi connectivity index (χ4n) is 2.82. The number of hydrogen-bond acceptors (Lipinski definition) is 7. The summed E-state index contributed by atoms with van der Waals surface area (Å²) in [6, 6.07) is 2.83. The molecular weight excluding hydrogens is 328 g/mol. The summed E-state index contributed by atoms with van der Waals surface area (Å²) in [5.74, 6) is 4.44. The molecule has 2 aromatic heterocycles. The molecular formula is C15H18N6O2S. The summed E-state index contributed by atoms with van der Waals surface area (Å²) in [5.41, 5.74) is 9.00. The van der Waals surface area contributed by atoms with E-state index in [0.717, 1.165) is 23.5 Å². The molecule has 2 amide bonds. The van der Waals surface area contributed by atoms with Crippen LogP contribution >= 0.6 is 11.3 Å². The lowest BCUT2D eigenvalue weighted by Gasteiger charge is -2.23. The molecule has 2 aromatic rings. The van der Waals surface area contributed by atoms with Crippen molar-refractivity contribution < 1.29 is 9.59 Å². The number of hydrazine groups is 1. The number of amides is 2. The molecule has 126 valence electrons. The minimum Gasteiger partial charge on any atom is -0.384 e. The van der Waals surface area contributed by atoms with Gasteiger partial charge in [0.2, 0.25) is 0 Å². The number of thiazole rings is 1. The van der Waals surface area contributed by atoms with Gasteiger partial charge in [-0.05, 0) is 31.9 Å². The average molecular weight is 346 g/mol. The zero-order valence-electron chi connectivity index (χ0n) is 13.2. The van der Waals surface area contributed by atoms with Crippen LogP contribution in [0.25, 0.3) is 0 Å². The van der Waals surface area contributed by atoms with Gasteiger partial charge in [-0.3, -0.25) is 15.0 Å². The van der Waals surface area contributed by atoms with Crippen LogP contribution in [0.1, 0.15) is 50.4 Å². The molecule has 1 atom stereocenters. The topological polar surface area (TPSA) is 127 Å². The van der Waals surface area contributed by atoms with Crippen LogP contribution in [0.5, 0.6) is 0 Å². The first kappa shape index (κ1) is 16.3. The summed E-state index contributed by atoms with van der Waals surface area (Å²) < 4.78 is 0. The summed E-state index contributed by atoms with van der Waals surface area (Å²) in [5, 5.41) is 2.91. The number of hydrogen-bond donors (Lipinski definition) is 3. The molecule has 9 heteroatoms. The maximum atomic E-state index is 12.9. The molecule has 0 aromatic carbocycles. The molecule has 3 rings (SSSR count). The van der Waals surface area contributed by atoms with E-state index in [0.29, 0.717) is 12.1 Å². The third-order valence-corrected chi connectivity index (χ3v) is 4.96. The van der Waals surface area contributed by atoms with Crippen LogP contribution in [0.4, 0.5) is 5.82 Å². The van der Waals surface area contributed by atoms with Gasteiger partial charge in [0.25, 0.3) is 11.8 Å². The molecule has 1 fully saturated rings. The second kappa shape index (κ2) is 6.54. The number of carbonyl (C=O) groups is 2. The van der Waals surface area contributed by atoms with Crippen LogP contribution in [0.2, 0.25) is 0 Å². The molecule has 0 unspecified atom stereocenters. The smallest absolute Gasteiger partial charge is 0.283 e. The van der Waals surface area contributed by atoms with E-state index < -0.39 is 5.91 Å². The number of nitrogens with zero attached hydrogens (tertiary/aromatic N) is 3. The molecule has 1 aliphatic heterocycles. The highest BCUT2D eigenvalue weighted by molar-refractivity contribution is 7.09. The van der Waals surface area contributed by atoms with E-state index in [4.69, 9.17) is 11.6 Å². The van der Waals surface area contributed by atoms with Crippen LogP contribution < -0.4 is 17.0 Å². The molecule has 0 bridgehead atoms. The van der Waals surface area contributed by atoms with Crippen molar-refractivity contribution >= 4 is 29.0 Å². The SMILES string of the molecule is Cc1csc([C@H]2CCCN2C(=O)c2cc(N)nc(C(=O)NN)c2)n1. The molecule has 0 aliphatic carbocycles. The second-order valence-electron chi connectivity index (χ2n) is 5.62. The van der Waals surface area contributed by atoms with Crippen molar-refractivity contribution in [3.05, 3.63) is 39.5 Å². The maximum absolute atomic E-state index is 12.9. The Kier molecular flexibility index (Phi) is 4.45.